The smallest absolute Gasteiger partial charge is 0.104 e. The zero-order valence-electron chi connectivity index (χ0n) is 5.34. The molecule has 1 aromatic rings. The third kappa shape index (κ3) is 1.55. The van der Waals surface area contributed by atoms with Gasteiger partial charge in [-0.3, -0.25) is 0 Å². The molecule has 0 atom stereocenters. The Morgan fingerprint density at radius 2 is 2.56 bits per heavy atom. The van der Waals surface area contributed by atoms with Crippen molar-refractivity contribution in [3.05, 3.63) is 17.1 Å². The van der Waals surface area contributed by atoms with E-state index in [1.54, 1.807) is 6.20 Å². The van der Waals surface area contributed by atoms with E-state index in [9.17, 15) is 0 Å². The van der Waals surface area contributed by atoms with Crippen LogP contribution in [0.4, 0.5) is 0 Å². The Hall–Kier alpha value is -0.310. The Kier molecular flexibility index (Phi) is 2.28. The lowest BCUT2D eigenvalue weighted by atomic mass is 10.5. The number of halogens is 1. The molecule has 0 aliphatic rings. The van der Waals surface area contributed by atoms with E-state index in [0.717, 1.165) is 17.6 Å². The minimum Gasteiger partial charge on any atom is -0.325 e. The van der Waals surface area contributed by atoms with Gasteiger partial charge in [0.2, 0.25) is 0 Å². The third-order valence-electron chi connectivity index (χ3n) is 1.13. The molecule has 0 amide bonds. The van der Waals surface area contributed by atoms with Crippen molar-refractivity contribution in [2.75, 3.05) is 0 Å². The second kappa shape index (κ2) is 3.01. The van der Waals surface area contributed by atoms with Gasteiger partial charge in [-0.2, -0.15) is 0 Å². The van der Waals surface area contributed by atoms with E-state index in [-0.39, 0.29) is 0 Å². The van der Waals surface area contributed by atoms with Crippen LogP contribution >= 0.6 is 15.9 Å². The summed E-state index contributed by atoms with van der Waals surface area (Å²) in [5.41, 5.74) is 0. The van der Waals surface area contributed by atoms with Crippen LogP contribution in [0.2, 0.25) is 0 Å². The van der Waals surface area contributed by atoms with Gasteiger partial charge < -0.3 is 4.57 Å². The SMILES string of the molecule is CCCn1cncc1Br. The van der Waals surface area contributed by atoms with Crippen LogP contribution in [0.3, 0.4) is 0 Å². The number of imidazole rings is 1. The van der Waals surface area contributed by atoms with Gasteiger partial charge in [-0.15, -0.1) is 0 Å². The number of rotatable bonds is 2. The molecule has 0 aliphatic carbocycles. The standard InChI is InChI=1S/C6H9BrN2/c1-2-3-9-5-8-4-6(9)7/h4-5H,2-3H2,1H3. The Balaban J connectivity index is 2.69. The summed E-state index contributed by atoms with van der Waals surface area (Å²) in [4.78, 5) is 3.96. The van der Waals surface area contributed by atoms with Gasteiger partial charge in [0.05, 0.1) is 12.5 Å². The fraction of sp³-hybridized carbons (Fsp3) is 0.500. The predicted octanol–water partition coefficient (Wildman–Crippen LogP) is 2.06. The Bertz CT molecular complexity index is 183. The quantitative estimate of drug-likeness (QED) is 0.696. The zero-order chi connectivity index (χ0) is 6.69. The highest BCUT2D eigenvalue weighted by molar-refractivity contribution is 9.10. The van der Waals surface area contributed by atoms with Crippen LogP contribution in [0.5, 0.6) is 0 Å². The largest absolute Gasteiger partial charge is 0.325 e. The highest BCUT2D eigenvalue weighted by atomic mass is 79.9. The lowest BCUT2D eigenvalue weighted by Gasteiger charge is -1.97. The molecule has 0 radical (unpaired) electrons. The van der Waals surface area contributed by atoms with Crippen molar-refractivity contribution in [1.29, 1.82) is 0 Å². The van der Waals surface area contributed by atoms with Gasteiger partial charge in [0.1, 0.15) is 4.60 Å². The molecule has 1 heterocycles. The van der Waals surface area contributed by atoms with Gasteiger partial charge in [-0.1, -0.05) is 6.92 Å². The average molecular weight is 189 g/mol. The molecule has 1 aromatic heterocycles. The van der Waals surface area contributed by atoms with E-state index in [2.05, 4.69) is 32.4 Å². The van der Waals surface area contributed by atoms with Crippen molar-refractivity contribution < 1.29 is 0 Å². The number of hydrogen-bond acceptors (Lipinski definition) is 1. The second-order valence-corrected chi connectivity index (χ2v) is 2.72. The van der Waals surface area contributed by atoms with Crippen LogP contribution in [0.25, 0.3) is 0 Å². The summed E-state index contributed by atoms with van der Waals surface area (Å²) < 4.78 is 3.13. The van der Waals surface area contributed by atoms with Gasteiger partial charge in [0.15, 0.2) is 0 Å². The Labute approximate surface area is 63.0 Å². The third-order valence-corrected chi connectivity index (χ3v) is 1.79. The summed E-state index contributed by atoms with van der Waals surface area (Å²) in [6.07, 6.45) is 4.78. The van der Waals surface area contributed by atoms with Gasteiger partial charge >= 0.3 is 0 Å². The molecule has 50 valence electrons. The lowest BCUT2D eigenvalue weighted by molar-refractivity contribution is 0.667. The molecule has 1 rings (SSSR count). The van der Waals surface area contributed by atoms with Crippen molar-refractivity contribution in [3.63, 3.8) is 0 Å². The molecular formula is C6H9BrN2. The van der Waals surface area contributed by atoms with Crippen molar-refractivity contribution in [3.8, 4) is 0 Å². The molecule has 0 aromatic carbocycles. The first kappa shape index (κ1) is 6.81. The summed E-state index contributed by atoms with van der Waals surface area (Å²) in [5, 5.41) is 0. The minimum absolute atomic E-state index is 1.04. The summed E-state index contributed by atoms with van der Waals surface area (Å²) in [7, 11) is 0. The minimum atomic E-state index is 1.04. The van der Waals surface area contributed by atoms with E-state index in [1.165, 1.54) is 0 Å². The average Bonchev–Trinajstić information content (AvgIpc) is 2.18. The van der Waals surface area contributed by atoms with Crippen LogP contribution in [0.1, 0.15) is 13.3 Å². The summed E-state index contributed by atoms with van der Waals surface area (Å²) in [6, 6.07) is 0. The summed E-state index contributed by atoms with van der Waals surface area (Å²) in [5.74, 6) is 0. The van der Waals surface area contributed by atoms with Crippen molar-refractivity contribution >= 4 is 15.9 Å². The van der Waals surface area contributed by atoms with Crippen LogP contribution < -0.4 is 0 Å². The first-order valence-electron chi connectivity index (χ1n) is 3.00. The van der Waals surface area contributed by atoms with E-state index in [1.807, 2.05) is 6.33 Å². The molecule has 0 N–H and O–H groups in total. The maximum absolute atomic E-state index is 3.96. The van der Waals surface area contributed by atoms with E-state index in [4.69, 9.17) is 0 Å². The monoisotopic (exact) mass is 188 g/mol. The van der Waals surface area contributed by atoms with Crippen molar-refractivity contribution in [2.24, 2.45) is 0 Å². The lowest BCUT2D eigenvalue weighted by Crippen LogP contribution is -1.93. The Morgan fingerprint density at radius 1 is 1.78 bits per heavy atom. The van der Waals surface area contributed by atoms with Gasteiger partial charge in [0.25, 0.3) is 0 Å². The molecule has 0 aliphatic heterocycles. The molecule has 0 fully saturated rings. The van der Waals surface area contributed by atoms with Gasteiger partial charge in [0, 0.05) is 6.54 Å². The van der Waals surface area contributed by atoms with Crippen molar-refractivity contribution in [2.45, 2.75) is 19.9 Å². The fourth-order valence-electron chi connectivity index (χ4n) is 0.710. The van der Waals surface area contributed by atoms with Crippen LogP contribution in [-0.4, -0.2) is 9.55 Å². The molecule has 2 nitrogen and oxygen atoms in total. The zero-order valence-corrected chi connectivity index (χ0v) is 6.93. The molecule has 0 saturated heterocycles. The highest BCUT2D eigenvalue weighted by Crippen LogP contribution is 2.07. The molecule has 0 bridgehead atoms. The topological polar surface area (TPSA) is 17.8 Å². The van der Waals surface area contributed by atoms with E-state index >= 15 is 0 Å². The fourth-order valence-corrected chi connectivity index (χ4v) is 1.10. The first-order chi connectivity index (χ1) is 4.34. The molecule has 0 spiro atoms. The summed E-state index contributed by atoms with van der Waals surface area (Å²) >= 11 is 3.37. The highest BCUT2D eigenvalue weighted by Gasteiger charge is 1.93. The molecule has 3 heteroatoms. The second-order valence-electron chi connectivity index (χ2n) is 1.91. The van der Waals surface area contributed by atoms with E-state index < -0.39 is 0 Å². The van der Waals surface area contributed by atoms with Gasteiger partial charge in [-0.05, 0) is 22.4 Å². The first-order valence-corrected chi connectivity index (χ1v) is 3.79. The summed E-state index contributed by atoms with van der Waals surface area (Å²) in [6.45, 7) is 3.19. The molecular weight excluding hydrogens is 180 g/mol. The normalized spacial score (nSPS) is 10.0. The van der Waals surface area contributed by atoms with Crippen LogP contribution in [0.15, 0.2) is 17.1 Å². The number of aromatic nitrogens is 2. The predicted molar refractivity (Wildman–Crippen MR) is 40.2 cm³/mol. The molecule has 0 unspecified atom stereocenters. The van der Waals surface area contributed by atoms with Crippen molar-refractivity contribution in [1.82, 2.24) is 9.55 Å². The number of aryl methyl sites for hydroxylation is 1. The molecule has 0 saturated carbocycles. The van der Waals surface area contributed by atoms with Crippen LogP contribution in [-0.2, 0) is 6.54 Å². The van der Waals surface area contributed by atoms with E-state index in [0.29, 0.717) is 0 Å². The number of hydrogen-bond donors (Lipinski definition) is 0. The van der Waals surface area contributed by atoms with Crippen LogP contribution in [0, 0.1) is 0 Å². The molecule has 9 heavy (non-hydrogen) atoms. The Morgan fingerprint density at radius 3 is 3.00 bits per heavy atom. The van der Waals surface area contributed by atoms with Gasteiger partial charge in [-0.25, -0.2) is 4.98 Å². The maximum atomic E-state index is 3.96. The number of nitrogens with zero attached hydrogens (tertiary/aromatic N) is 2. The maximum Gasteiger partial charge on any atom is 0.104 e.